The average molecular weight is 557 g/mol. The highest BCUT2D eigenvalue weighted by molar-refractivity contribution is 7.39. The number of aliphatic hydroxyl groups excluding tert-OH is 1. The second kappa shape index (κ2) is 12.8. The summed E-state index contributed by atoms with van der Waals surface area (Å²) in [6.07, 6.45) is 0.0340. The van der Waals surface area contributed by atoms with Crippen molar-refractivity contribution in [2.45, 2.75) is 91.0 Å². The minimum atomic E-state index is -2.67. The standard InChI is InChI=1S/C20H48O8Si5/c1-18(2)20(22)25-17-19(21)16-24-14-13-15-29(3,4)33(11,12)28-32(9,10)27-31(7,8)26-30(5,6)23/h19,21,23H,1,13-17H2,2-12H3. The average Bonchev–Trinajstić information content (AvgIpc) is 2.54. The number of carbonyl (C=O) groups is 1. The molecule has 0 radical (unpaired) electrons. The molecule has 0 aromatic heterocycles. The van der Waals surface area contributed by atoms with Crippen molar-refractivity contribution in [1.29, 1.82) is 0 Å². The van der Waals surface area contributed by atoms with Gasteiger partial charge in [-0.3, -0.25) is 0 Å². The van der Waals surface area contributed by atoms with Gasteiger partial charge < -0.3 is 31.7 Å². The van der Waals surface area contributed by atoms with Gasteiger partial charge in [0.1, 0.15) is 12.7 Å². The monoisotopic (exact) mass is 556 g/mol. The molecule has 8 nitrogen and oxygen atoms in total. The van der Waals surface area contributed by atoms with Gasteiger partial charge in [-0.15, -0.1) is 0 Å². The molecular weight excluding hydrogens is 509 g/mol. The lowest BCUT2D eigenvalue weighted by Gasteiger charge is -2.45. The van der Waals surface area contributed by atoms with Gasteiger partial charge in [0.2, 0.25) is 0 Å². The molecule has 0 bridgehead atoms. The van der Waals surface area contributed by atoms with E-state index in [9.17, 15) is 14.7 Å². The number of aliphatic hydroxyl groups is 1. The van der Waals surface area contributed by atoms with Crippen LogP contribution in [0.4, 0.5) is 0 Å². The molecule has 0 aromatic carbocycles. The lowest BCUT2D eigenvalue weighted by molar-refractivity contribution is -0.143. The minimum absolute atomic E-state index is 0.0985. The molecule has 2 N–H and O–H groups in total. The highest BCUT2D eigenvalue weighted by Gasteiger charge is 2.49. The molecule has 0 amide bonds. The maximum absolute atomic E-state index is 11.4. The number of esters is 1. The third-order valence-electron chi connectivity index (χ3n) is 5.27. The summed E-state index contributed by atoms with van der Waals surface area (Å²) in [6.45, 7) is 26.5. The molecule has 0 aromatic rings. The molecule has 13 heteroatoms. The van der Waals surface area contributed by atoms with E-state index in [1.807, 2.05) is 13.1 Å². The van der Waals surface area contributed by atoms with Crippen LogP contribution in [0.25, 0.3) is 0 Å². The van der Waals surface area contributed by atoms with E-state index in [4.69, 9.17) is 21.8 Å². The number of ether oxygens (including phenoxy) is 2. The molecule has 196 valence electrons. The van der Waals surface area contributed by atoms with E-state index in [0.717, 1.165) is 12.5 Å². The third kappa shape index (κ3) is 14.3. The lowest BCUT2D eigenvalue weighted by atomic mass is 10.3. The van der Waals surface area contributed by atoms with Crippen molar-refractivity contribution < 1.29 is 36.5 Å². The topological polar surface area (TPSA) is 104 Å². The van der Waals surface area contributed by atoms with Gasteiger partial charge >= 0.3 is 31.7 Å². The van der Waals surface area contributed by atoms with Gasteiger partial charge in [0.05, 0.1) is 14.2 Å². The van der Waals surface area contributed by atoms with E-state index >= 15 is 0 Å². The van der Waals surface area contributed by atoms with Crippen LogP contribution in [0.15, 0.2) is 12.2 Å². The van der Waals surface area contributed by atoms with Crippen molar-refractivity contribution in [1.82, 2.24) is 0 Å². The first-order valence-corrected chi connectivity index (χ1v) is 27.1. The van der Waals surface area contributed by atoms with Crippen molar-refractivity contribution in [2.75, 3.05) is 19.8 Å². The Labute approximate surface area is 206 Å². The Hall–Kier alpha value is 0.0544. The van der Waals surface area contributed by atoms with Gasteiger partial charge in [0.25, 0.3) is 0 Å². The lowest BCUT2D eigenvalue weighted by Crippen LogP contribution is -2.64. The van der Waals surface area contributed by atoms with Gasteiger partial charge in [0.15, 0.2) is 7.83 Å². The van der Waals surface area contributed by atoms with Crippen LogP contribution in [-0.2, 0) is 26.6 Å². The van der Waals surface area contributed by atoms with E-state index < -0.39 is 53.2 Å². The zero-order valence-corrected chi connectivity index (χ0v) is 27.7. The Morgan fingerprint density at radius 3 is 1.88 bits per heavy atom. The first kappa shape index (κ1) is 33.1. The van der Waals surface area contributed by atoms with Crippen molar-refractivity contribution in [2.24, 2.45) is 0 Å². The van der Waals surface area contributed by atoms with Crippen molar-refractivity contribution >= 4 is 47.1 Å². The van der Waals surface area contributed by atoms with Gasteiger partial charge in [-0.2, -0.15) is 0 Å². The second-order valence-electron chi connectivity index (χ2n) is 11.2. The number of rotatable bonds is 16. The summed E-state index contributed by atoms with van der Waals surface area (Å²) < 4.78 is 29.7. The molecule has 1 atom stereocenters. The maximum Gasteiger partial charge on any atom is 0.333 e. The van der Waals surface area contributed by atoms with Gasteiger partial charge in [0, 0.05) is 12.2 Å². The van der Waals surface area contributed by atoms with Crippen LogP contribution in [0, 0.1) is 0 Å². The largest absolute Gasteiger partial charge is 0.460 e. The second-order valence-corrected chi connectivity index (χ2v) is 37.1. The summed E-state index contributed by atoms with van der Waals surface area (Å²) in [5.74, 6) is -0.510. The SMILES string of the molecule is C=C(C)C(=O)OCC(O)COCCC[Si](C)(C)[Si](C)(C)O[Si](C)(C)O[Si](C)(C)O[Si](C)(C)O. The van der Waals surface area contributed by atoms with Crippen LogP contribution < -0.4 is 0 Å². The Balaban J connectivity index is 4.63. The summed E-state index contributed by atoms with van der Waals surface area (Å²) in [6, 6.07) is 1.05. The first-order valence-electron chi connectivity index (χ1n) is 11.5. The van der Waals surface area contributed by atoms with Gasteiger partial charge in [-0.05, 0) is 65.7 Å². The smallest absolute Gasteiger partial charge is 0.333 e. The van der Waals surface area contributed by atoms with E-state index in [1.54, 1.807) is 20.0 Å². The van der Waals surface area contributed by atoms with Crippen LogP contribution in [0.2, 0.25) is 71.5 Å². The minimum Gasteiger partial charge on any atom is -0.460 e. The van der Waals surface area contributed by atoms with Gasteiger partial charge in [-0.1, -0.05) is 25.7 Å². The fraction of sp³-hybridized carbons (Fsp3) is 0.850. The Morgan fingerprint density at radius 2 is 1.39 bits per heavy atom. The fourth-order valence-corrected chi connectivity index (χ4v) is 28.8. The molecule has 1 unspecified atom stereocenters. The van der Waals surface area contributed by atoms with E-state index in [-0.39, 0.29) is 13.2 Å². The van der Waals surface area contributed by atoms with Crippen LogP contribution in [0.1, 0.15) is 13.3 Å². The summed E-state index contributed by atoms with van der Waals surface area (Å²) in [5, 5.41) is 9.89. The summed E-state index contributed by atoms with van der Waals surface area (Å²) >= 11 is 0. The molecule has 0 spiro atoms. The summed E-state index contributed by atoms with van der Waals surface area (Å²) in [5.41, 5.74) is 0.304. The van der Waals surface area contributed by atoms with Crippen molar-refractivity contribution in [3.05, 3.63) is 12.2 Å². The molecule has 0 rings (SSSR count). The molecule has 0 aliphatic carbocycles. The number of hydrogen-bond acceptors (Lipinski definition) is 8. The third-order valence-corrected chi connectivity index (χ3v) is 33.5. The predicted molar refractivity (Wildman–Crippen MR) is 145 cm³/mol. The summed E-state index contributed by atoms with van der Waals surface area (Å²) in [7, 11) is -11.3. The van der Waals surface area contributed by atoms with Crippen molar-refractivity contribution in [3.63, 3.8) is 0 Å². The Bertz CT molecular complexity index is 647. The molecule has 0 saturated heterocycles. The Kier molecular flexibility index (Phi) is 12.9. The normalized spacial score (nSPS) is 14.8. The maximum atomic E-state index is 11.4. The molecule has 0 aliphatic heterocycles. The highest BCUT2D eigenvalue weighted by Crippen LogP contribution is 2.30. The van der Waals surface area contributed by atoms with Crippen LogP contribution in [-0.4, -0.2) is 82.9 Å². The summed E-state index contributed by atoms with van der Waals surface area (Å²) in [4.78, 5) is 21.5. The van der Waals surface area contributed by atoms with E-state index in [0.29, 0.717) is 12.2 Å². The first-order chi connectivity index (χ1) is 14.6. The molecule has 0 heterocycles. The van der Waals surface area contributed by atoms with Crippen LogP contribution >= 0.6 is 0 Å². The quantitative estimate of drug-likeness (QED) is 0.127. The van der Waals surface area contributed by atoms with Crippen LogP contribution in [0.3, 0.4) is 0 Å². The number of carbonyl (C=O) groups excluding carboxylic acids is 1. The molecule has 0 aliphatic rings. The predicted octanol–water partition coefficient (Wildman–Crippen LogP) is 4.01. The molecular formula is C20H48O8Si5. The van der Waals surface area contributed by atoms with Crippen molar-refractivity contribution in [3.8, 4) is 0 Å². The number of hydrogen-bond donors (Lipinski definition) is 2. The zero-order chi connectivity index (χ0) is 26.3. The fourth-order valence-electron chi connectivity index (χ4n) is 3.47. The highest BCUT2D eigenvalue weighted by atomic mass is 29.3. The van der Waals surface area contributed by atoms with Crippen LogP contribution in [0.5, 0.6) is 0 Å². The molecule has 0 saturated carbocycles. The van der Waals surface area contributed by atoms with Gasteiger partial charge in [-0.25, -0.2) is 4.79 Å². The van der Waals surface area contributed by atoms with E-state index in [1.165, 1.54) is 0 Å². The Morgan fingerprint density at radius 1 is 0.879 bits per heavy atom. The zero-order valence-electron chi connectivity index (χ0n) is 22.7. The van der Waals surface area contributed by atoms with E-state index in [2.05, 4.69) is 45.9 Å². The molecule has 33 heavy (non-hydrogen) atoms. The molecule has 0 fully saturated rings.